The van der Waals surface area contributed by atoms with Crippen LogP contribution in [0, 0.1) is 6.92 Å². The maximum Gasteiger partial charge on any atom is 0.222 e. The van der Waals surface area contributed by atoms with Crippen LogP contribution in [0.25, 0.3) is 11.2 Å². The number of hydrogen-bond donors (Lipinski definition) is 3. The molecule has 0 spiro atoms. The zero-order valence-corrected chi connectivity index (χ0v) is 17.6. The van der Waals surface area contributed by atoms with Crippen LogP contribution in [0.1, 0.15) is 25.9 Å². The third-order valence-corrected chi connectivity index (χ3v) is 4.88. The molecule has 2 aromatic rings. The van der Waals surface area contributed by atoms with Crippen LogP contribution in [-0.4, -0.2) is 92.2 Å². The van der Waals surface area contributed by atoms with E-state index in [-0.39, 0.29) is 5.82 Å². The van der Waals surface area contributed by atoms with Gasteiger partial charge in [0.15, 0.2) is 23.2 Å². The van der Waals surface area contributed by atoms with Crippen LogP contribution in [0.3, 0.4) is 0 Å². The number of anilines is 1. The summed E-state index contributed by atoms with van der Waals surface area (Å²) in [5.74, 6) is 1.26. The summed E-state index contributed by atoms with van der Waals surface area (Å²) in [5, 5.41) is 25.0. The van der Waals surface area contributed by atoms with E-state index in [4.69, 9.17) is 20.0 Å². The third-order valence-electron chi connectivity index (χ3n) is 4.88. The minimum atomic E-state index is -1.15. The Kier molecular flexibility index (Phi) is 7.02. The molecule has 30 heavy (non-hydrogen) atoms. The number of nitrogens with zero attached hydrogens (tertiary/aromatic N) is 6. The molecular weight excluding hydrogens is 394 g/mol. The molecule has 0 aromatic carbocycles. The van der Waals surface area contributed by atoms with Gasteiger partial charge in [0.1, 0.15) is 37.1 Å². The van der Waals surface area contributed by atoms with Crippen LogP contribution in [0.4, 0.5) is 5.82 Å². The lowest BCUT2D eigenvalue weighted by molar-refractivity contribution is -0.0445. The van der Waals surface area contributed by atoms with Gasteiger partial charge in [-0.1, -0.05) is 5.16 Å². The summed E-state index contributed by atoms with van der Waals surface area (Å²) in [6.07, 6.45) is -2.35. The van der Waals surface area contributed by atoms with E-state index >= 15 is 0 Å². The van der Waals surface area contributed by atoms with E-state index in [0.29, 0.717) is 49.2 Å². The summed E-state index contributed by atoms with van der Waals surface area (Å²) >= 11 is 0. The van der Waals surface area contributed by atoms with Crippen molar-refractivity contribution < 1.29 is 24.5 Å². The van der Waals surface area contributed by atoms with Crippen LogP contribution in [0.15, 0.2) is 11.5 Å². The van der Waals surface area contributed by atoms with Crippen LogP contribution in [0.5, 0.6) is 0 Å². The van der Waals surface area contributed by atoms with Gasteiger partial charge < -0.3 is 35.2 Å². The molecule has 1 aliphatic rings. The van der Waals surface area contributed by atoms with Crippen LogP contribution in [-0.2, 0) is 14.3 Å². The molecule has 4 N–H and O–H groups in total. The molecular formula is C18H29N7O5. The molecule has 0 aliphatic carbocycles. The fourth-order valence-electron chi connectivity index (χ4n) is 3.40. The number of fused-ring (bicyclic) bond motifs is 1. The second-order valence-corrected chi connectivity index (χ2v) is 7.15. The topological polar surface area (TPSA) is 153 Å². The maximum atomic E-state index is 10.6. The number of oxime groups is 1. The first kappa shape index (κ1) is 22.2. The molecule has 0 saturated carbocycles. The van der Waals surface area contributed by atoms with E-state index < -0.39 is 24.5 Å². The minimum absolute atomic E-state index is 0.244. The highest BCUT2D eigenvalue weighted by atomic mass is 16.6. The van der Waals surface area contributed by atoms with Crippen molar-refractivity contribution in [2.75, 3.05) is 39.1 Å². The highest BCUT2D eigenvalue weighted by molar-refractivity contribution is 5.81. The largest absolute Gasteiger partial charge is 0.479 e. The Labute approximate surface area is 174 Å². The molecule has 0 radical (unpaired) electrons. The Morgan fingerprint density at radius 2 is 2.13 bits per heavy atom. The van der Waals surface area contributed by atoms with Gasteiger partial charge in [-0.3, -0.25) is 4.57 Å². The Morgan fingerprint density at radius 1 is 1.37 bits per heavy atom. The summed E-state index contributed by atoms with van der Waals surface area (Å²) in [7, 11) is 1.87. The van der Waals surface area contributed by atoms with Crippen LogP contribution >= 0.6 is 0 Å². The predicted molar refractivity (Wildman–Crippen MR) is 109 cm³/mol. The highest BCUT2D eigenvalue weighted by Crippen LogP contribution is 2.33. The number of nitrogens with two attached hydrogens (primary N) is 1. The van der Waals surface area contributed by atoms with E-state index in [1.165, 1.54) is 6.33 Å². The molecule has 12 heteroatoms. The second kappa shape index (κ2) is 9.51. The minimum Gasteiger partial charge on any atom is -0.479 e. The number of aryl methyl sites for hydroxylation is 1. The number of ether oxygens (including phenoxy) is 2. The lowest BCUT2D eigenvalue weighted by Crippen LogP contribution is -2.39. The van der Waals surface area contributed by atoms with Crippen molar-refractivity contribution in [3.05, 3.63) is 12.2 Å². The van der Waals surface area contributed by atoms with Gasteiger partial charge in [0.25, 0.3) is 0 Å². The van der Waals surface area contributed by atoms with Gasteiger partial charge in [-0.25, -0.2) is 15.0 Å². The van der Waals surface area contributed by atoms with Gasteiger partial charge in [-0.2, -0.15) is 0 Å². The second-order valence-electron chi connectivity index (χ2n) is 7.15. The average Bonchev–Trinajstić information content (AvgIpc) is 3.17. The molecule has 0 amide bonds. The SMILES string of the molecule is CCO/C(C)=N/OCCN(C)C[C@H]1O[C@@H](n2c(C)nc3c(N)ncnc32)[C@H](O)[C@@H]1O. The number of imidazole rings is 1. The van der Waals surface area contributed by atoms with Crippen molar-refractivity contribution in [1.82, 2.24) is 24.4 Å². The zero-order valence-electron chi connectivity index (χ0n) is 17.6. The number of hydrogen-bond acceptors (Lipinski definition) is 11. The summed E-state index contributed by atoms with van der Waals surface area (Å²) in [5.41, 5.74) is 6.75. The molecule has 4 atom stereocenters. The van der Waals surface area contributed by atoms with Crippen LogP contribution < -0.4 is 5.73 Å². The summed E-state index contributed by atoms with van der Waals surface area (Å²) in [6, 6.07) is 0. The number of likely N-dealkylation sites (N-methyl/N-ethyl adjacent to an activating group) is 1. The Hall–Kier alpha value is -2.54. The maximum absolute atomic E-state index is 10.6. The highest BCUT2D eigenvalue weighted by Gasteiger charge is 2.45. The fraction of sp³-hybridized carbons (Fsp3) is 0.667. The van der Waals surface area contributed by atoms with E-state index in [1.807, 2.05) is 18.9 Å². The van der Waals surface area contributed by atoms with Gasteiger partial charge in [0, 0.05) is 20.0 Å². The lowest BCUT2D eigenvalue weighted by atomic mass is 10.1. The Morgan fingerprint density at radius 3 is 2.87 bits per heavy atom. The molecule has 0 bridgehead atoms. The van der Waals surface area contributed by atoms with Crippen molar-refractivity contribution in [1.29, 1.82) is 0 Å². The lowest BCUT2D eigenvalue weighted by Gasteiger charge is -2.22. The first-order valence-electron chi connectivity index (χ1n) is 9.78. The molecule has 12 nitrogen and oxygen atoms in total. The standard InChI is InChI=1S/C18H29N7O5/c1-5-28-11(3)23-29-7-6-24(4)8-12-14(26)15(27)18(30-12)25-10(2)22-13-16(19)20-9-21-17(13)25/h9,12,14-15,18,26-27H,5-8H2,1-4H3,(H2,19,20,21)/b23-11+/t12-,14-,15-,18-/m1/s1. The number of aliphatic hydroxyl groups is 2. The molecule has 0 unspecified atom stereocenters. The fourth-order valence-corrected chi connectivity index (χ4v) is 3.40. The smallest absolute Gasteiger partial charge is 0.222 e. The summed E-state index contributed by atoms with van der Waals surface area (Å²) in [4.78, 5) is 19.7. The van der Waals surface area contributed by atoms with Crippen molar-refractivity contribution in [2.45, 2.75) is 45.3 Å². The van der Waals surface area contributed by atoms with Gasteiger partial charge in [0.05, 0.1) is 6.61 Å². The third kappa shape index (κ3) is 4.61. The predicted octanol–water partition coefficient (Wildman–Crippen LogP) is -0.346. The molecule has 2 aromatic heterocycles. The average molecular weight is 423 g/mol. The van der Waals surface area contributed by atoms with E-state index in [9.17, 15) is 10.2 Å². The van der Waals surface area contributed by atoms with Crippen LogP contribution in [0.2, 0.25) is 0 Å². The first-order chi connectivity index (χ1) is 14.3. The summed E-state index contributed by atoms with van der Waals surface area (Å²) in [6.45, 7) is 7.16. The monoisotopic (exact) mass is 423 g/mol. The van der Waals surface area contributed by atoms with Crippen molar-refractivity contribution in [3.8, 4) is 0 Å². The molecule has 1 saturated heterocycles. The number of rotatable bonds is 8. The quantitative estimate of drug-likeness (QED) is 0.222. The van der Waals surface area contributed by atoms with E-state index in [1.54, 1.807) is 18.4 Å². The van der Waals surface area contributed by atoms with Crippen molar-refractivity contribution in [3.63, 3.8) is 0 Å². The van der Waals surface area contributed by atoms with E-state index in [0.717, 1.165) is 0 Å². The molecule has 3 heterocycles. The van der Waals surface area contributed by atoms with Crippen molar-refractivity contribution >= 4 is 22.9 Å². The molecule has 1 fully saturated rings. The Bertz CT molecular complexity index is 889. The molecule has 3 rings (SSSR count). The van der Waals surface area contributed by atoms with Crippen molar-refractivity contribution in [2.24, 2.45) is 5.16 Å². The number of nitrogen functional groups attached to an aromatic ring is 1. The molecule has 166 valence electrons. The van der Waals surface area contributed by atoms with E-state index in [2.05, 4.69) is 20.1 Å². The Balaban J connectivity index is 1.63. The van der Waals surface area contributed by atoms with Gasteiger partial charge in [-0.05, 0) is 20.9 Å². The van der Waals surface area contributed by atoms with Gasteiger partial charge in [-0.15, -0.1) is 0 Å². The van der Waals surface area contributed by atoms with Gasteiger partial charge in [0.2, 0.25) is 5.90 Å². The first-order valence-corrected chi connectivity index (χ1v) is 9.78. The summed E-state index contributed by atoms with van der Waals surface area (Å²) < 4.78 is 12.8. The number of aliphatic hydroxyl groups excluding tert-OH is 2. The normalized spacial score (nSPS) is 24.7. The zero-order chi connectivity index (χ0) is 21.8. The van der Waals surface area contributed by atoms with Gasteiger partial charge >= 0.3 is 0 Å². The number of aromatic nitrogens is 4. The molecule has 1 aliphatic heterocycles.